The van der Waals surface area contributed by atoms with E-state index in [1.165, 1.54) is 11.8 Å². The molecule has 0 aliphatic carbocycles. The molecule has 0 bridgehead atoms. The second-order valence-electron chi connectivity index (χ2n) is 9.89. The summed E-state index contributed by atoms with van der Waals surface area (Å²) in [5.74, 6) is -0.909. The number of rotatable bonds is 9. The van der Waals surface area contributed by atoms with Crippen molar-refractivity contribution in [1.29, 1.82) is 0 Å². The van der Waals surface area contributed by atoms with Gasteiger partial charge in [-0.25, -0.2) is 0 Å². The Bertz CT molecular complexity index is 1540. The van der Waals surface area contributed by atoms with Crippen LogP contribution in [0.2, 0.25) is 0 Å². The third-order valence-corrected chi connectivity index (χ3v) is 7.31. The van der Waals surface area contributed by atoms with Crippen LogP contribution in [0.5, 0.6) is 0 Å². The molecule has 4 aromatic rings. The number of hydrogen-bond donors (Lipinski definition) is 3. The van der Waals surface area contributed by atoms with E-state index in [2.05, 4.69) is 22.0 Å². The number of thioether (sulfide) groups is 1. The minimum atomic E-state index is -0.448. The Balaban J connectivity index is 1.42. The highest BCUT2D eigenvalue weighted by molar-refractivity contribution is 8.00. The van der Waals surface area contributed by atoms with Crippen molar-refractivity contribution in [3.8, 4) is 0 Å². The first kappa shape index (κ1) is 29.4. The van der Waals surface area contributed by atoms with Crippen LogP contribution in [0.15, 0.2) is 108 Å². The molecule has 0 saturated carbocycles. The molecule has 7 heteroatoms. The van der Waals surface area contributed by atoms with Crippen molar-refractivity contribution in [1.82, 2.24) is 5.32 Å². The lowest BCUT2D eigenvalue weighted by molar-refractivity contribution is -0.115. The quantitative estimate of drug-likeness (QED) is 0.149. The fourth-order valence-corrected chi connectivity index (χ4v) is 5.00. The van der Waals surface area contributed by atoms with E-state index in [0.29, 0.717) is 11.3 Å². The molecule has 0 spiro atoms. The van der Waals surface area contributed by atoms with E-state index in [-0.39, 0.29) is 22.8 Å². The zero-order valence-corrected chi connectivity index (χ0v) is 24.3. The number of carbonyl (C=O) groups is 3. The van der Waals surface area contributed by atoms with E-state index >= 15 is 0 Å². The van der Waals surface area contributed by atoms with Gasteiger partial charge >= 0.3 is 0 Å². The van der Waals surface area contributed by atoms with Gasteiger partial charge in [0.1, 0.15) is 5.70 Å². The monoisotopic (exact) mass is 563 g/mol. The Morgan fingerprint density at radius 3 is 1.98 bits per heavy atom. The number of nitrogens with one attached hydrogen (secondary N) is 3. The van der Waals surface area contributed by atoms with Gasteiger partial charge in [0.05, 0.1) is 5.25 Å². The molecule has 0 radical (unpaired) electrons. The van der Waals surface area contributed by atoms with Gasteiger partial charge in [-0.2, -0.15) is 0 Å². The van der Waals surface area contributed by atoms with E-state index in [4.69, 9.17) is 0 Å². The molecule has 0 aliphatic heterocycles. The van der Waals surface area contributed by atoms with E-state index in [1.807, 2.05) is 82.3 Å². The molecular weight excluding hydrogens is 530 g/mol. The van der Waals surface area contributed by atoms with E-state index in [0.717, 1.165) is 32.8 Å². The zero-order valence-electron chi connectivity index (χ0n) is 23.5. The molecule has 0 fully saturated rings. The first-order chi connectivity index (χ1) is 19.7. The summed E-state index contributed by atoms with van der Waals surface area (Å²) in [6, 6.07) is 29.6. The predicted octanol–water partition coefficient (Wildman–Crippen LogP) is 7.14. The van der Waals surface area contributed by atoms with Crippen LogP contribution in [0.4, 0.5) is 11.4 Å². The summed E-state index contributed by atoms with van der Waals surface area (Å²) in [7, 11) is 0. The molecule has 4 rings (SSSR count). The van der Waals surface area contributed by atoms with E-state index in [1.54, 1.807) is 42.5 Å². The van der Waals surface area contributed by atoms with Gasteiger partial charge in [-0.15, -0.1) is 11.8 Å². The van der Waals surface area contributed by atoms with Gasteiger partial charge in [-0.3, -0.25) is 14.4 Å². The Hall–Kier alpha value is -4.62. The van der Waals surface area contributed by atoms with Crippen LogP contribution in [0.1, 0.15) is 39.5 Å². The Morgan fingerprint density at radius 1 is 0.707 bits per heavy atom. The van der Waals surface area contributed by atoms with E-state index < -0.39 is 5.91 Å². The lowest BCUT2D eigenvalue weighted by atomic mass is 10.1. The molecule has 6 nitrogen and oxygen atoms in total. The van der Waals surface area contributed by atoms with Crippen LogP contribution in [-0.4, -0.2) is 23.0 Å². The van der Waals surface area contributed by atoms with Gasteiger partial charge in [0, 0.05) is 21.8 Å². The lowest BCUT2D eigenvalue weighted by Crippen LogP contribution is -2.30. The van der Waals surface area contributed by atoms with Crippen molar-refractivity contribution in [3.05, 3.63) is 131 Å². The van der Waals surface area contributed by atoms with Gasteiger partial charge in [-0.1, -0.05) is 54.1 Å². The molecule has 4 aromatic carbocycles. The summed E-state index contributed by atoms with van der Waals surface area (Å²) < 4.78 is 0. The maximum absolute atomic E-state index is 13.3. The number of hydrogen-bond acceptors (Lipinski definition) is 4. The first-order valence-corrected chi connectivity index (χ1v) is 14.2. The first-order valence-electron chi connectivity index (χ1n) is 13.3. The van der Waals surface area contributed by atoms with Gasteiger partial charge < -0.3 is 16.0 Å². The minimum Gasteiger partial charge on any atom is -0.325 e. The van der Waals surface area contributed by atoms with Gasteiger partial charge in [-0.05, 0) is 99.0 Å². The maximum Gasteiger partial charge on any atom is 0.272 e. The molecule has 0 aliphatic rings. The third kappa shape index (κ3) is 8.68. The highest BCUT2D eigenvalue weighted by atomic mass is 32.2. The highest BCUT2D eigenvalue weighted by Crippen LogP contribution is 2.26. The number of carbonyl (C=O) groups excluding carboxylic acids is 3. The average molecular weight is 564 g/mol. The summed E-state index contributed by atoms with van der Waals surface area (Å²) in [5, 5.41) is 8.28. The summed E-state index contributed by atoms with van der Waals surface area (Å²) in [4.78, 5) is 39.8. The molecule has 208 valence electrons. The predicted molar refractivity (Wildman–Crippen MR) is 168 cm³/mol. The highest BCUT2D eigenvalue weighted by Gasteiger charge is 2.17. The SMILES string of the molecule is Cc1ccc(/C=C(\NC(=O)c2ccccc2)C(=O)Nc2ccc(SC(C)C(=O)Nc3cc(C)cc(C)c3)cc2)cc1. The normalized spacial score (nSPS) is 11.9. The molecule has 0 heterocycles. The standard InChI is InChI=1S/C34H33N3O3S/c1-22-10-12-26(13-11-22)21-31(37-33(39)27-8-6-5-7-9-27)34(40)35-28-14-16-30(17-15-28)41-25(4)32(38)36-29-19-23(2)18-24(3)20-29/h5-21,25H,1-4H3,(H,35,40)(H,36,38)(H,37,39)/b31-21-. The Morgan fingerprint density at radius 2 is 1.34 bits per heavy atom. The lowest BCUT2D eigenvalue weighted by Gasteiger charge is -2.14. The van der Waals surface area contributed by atoms with Crippen LogP contribution in [0.25, 0.3) is 6.08 Å². The topological polar surface area (TPSA) is 87.3 Å². The van der Waals surface area contributed by atoms with E-state index in [9.17, 15) is 14.4 Å². The van der Waals surface area contributed by atoms with Crippen molar-refractivity contribution in [2.45, 2.75) is 37.8 Å². The molecule has 0 aromatic heterocycles. The molecule has 1 unspecified atom stereocenters. The fraction of sp³-hybridized carbons (Fsp3) is 0.147. The number of benzene rings is 4. The van der Waals surface area contributed by atoms with Gasteiger partial charge in [0.2, 0.25) is 5.91 Å². The summed E-state index contributed by atoms with van der Waals surface area (Å²) >= 11 is 1.43. The molecule has 0 saturated heterocycles. The minimum absolute atomic E-state index is 0.0857. The summed E-state index contributed by atoms with van der Waals surface area (Å²) in [5.41, 5.74) is 5.99. The van der Waals surface area contributed by atoms with Crippen molar-refractivity contribution in [2.24, 2.45) is 0 Å². The molecule has 3 N–H and O–H groups in total. The Kier molecular flexibility index (Phi) is 9.77. The zero-order chi connectivity index (χ0) is 29.4. The van der Waals surface area contributed by atoms with Crippen LogP contribution in [0.3, 0.4) is 0 Å². The van der Waals surface area contributed by atoms with Crippen molar-refractivity contribution in [3.63, 3.8) is 0 Å². The maximum atomic E-state index is 13.3. The number of anilines is 2. The Labute approximate surface area is 245 Å². The fourth-order valence-electron chi connectivity index (χ4n) is 4.14. The van der Waals surface area contributed by atoms with Crippen LogP contribution in [-0.2, 0) is 9.59 Å². The van der Waals surface area contributed by atoms with Gasteiger partial charge in [0.25, 0.3) is 11.8 Å². The second kappa shape index (κ2) is 13.6. The van der Waals surface area contributed by atoms with Crippen LogP contribution in [0, 0.1) is 20.8 Å². The summed E-state index contributed by atoms with van der Waals surface area (Å²) in [6.45, 7) is 7.84. The third-order valence-electron chi connectivity index (χ3n) is 6.20. The average Bonchev–Trinajstić information content (AvgIpc) is 2.94. The largest absolute Gasteiger partial charge is 0.325 e. The van der Waals surface area contributed by atoms with Crippen molar-refractivity contribution in [2.75, 3.05) is 10.6 Å². The molecule has 3 amide bonds. The van der Waals surface area contributed by atoms with Crippen molar-refractivity contribution < 1.29 is 14.4 Å². The molecule has 1 atom stereocenters. The van der Waals surface area contributed by atoms with Crippen molar-refractivity contribution >= 4 is 46.9 Å². The second-order valence-corrected chi connectivity index (χ2v) is 11.3. The number of aryl methyl sites for hydroxylation is 3. The molecule has 41 heavy (non-hydrogen) atoms. The molecular formula is C34H33N3O3S. The van der Waals surface area contributed by atoms with Crippen LogP contribution >= 0.6 is 11.8 Å². The smallest absolute Gasteiger partial charge is 0.272 e. The van der Waals surface area contributed by atoms with Crippen LogP contribution < -0.4 is 16.0 Å². The number of amides is 3. The van der Waals surface area contributed by atoms with Gasteiger partial charge in [0.15, 0.2) is 0 Å². The summed E-state index contributed by atoms with van der Waals surface area (Å²) in [6.07, 6.45) is 1.65.